The van der Waals surface area contributed by atoms with Gasteiger partial charge in [0.1, 0.15) is 6.54 Å². The van der Waals surface area contributed by atoms with E-state index in [9.17, 15) is 13.2 Å². The van der Waals surface area contributed by atoms with Gasteiger partial charge in [0.2, 0.25) is 5.91 Å². The van der Waals surface area contributed by atoms with Crippen molar-refractivity contribution in [2.45, 2.75) is 38.6 Å². The van der Waals surface area contributed by atoms with E-state index in [2.05, 4.69) is 5.32 Å². The summed E-state index contributed by atoms with van der Waals surface area (Å²) in [6, 6.07) is 13.5. The normalized spacial score (nSPS) is 11.4. The van der Waals surface area contributed by atoms with Gasteiger partial charge in [0.25, 0.3) is 10.0 Å². The van der Waals surface area contributed by atoms with Gasteiger partial charge in [-0.05, 0) is 57.0 Å². The lowest BCUT2D eigenvalue weighted by Gasteiger charge is -2.26. The number of carbonyl (C=O) groups is 1. The number of carbonyl (C=O) groups excluding carboxylic acids is 1. The van der Waals surface area contributed by atoms with Crippen LogP contribution in [0.4, 0.5) is 5.69 Å². The molecule has 0 heterocycles. The monoisotopic (exact) mass is 360 g/mol. The molecule has 2 aromatic carbocycles. The first-order chi connectivity index (χ1) is 11.7. The number of sulfonamides is 1. The summed E-state index contributed by atoms with van der Waals surface area (Å²) < 4.78 is 27.5. The molecule has 0 aliphatic carbocycles. The standard InChI is InChI=1S/C19H24N2O3S/c1-14(2)20-19(22)13-21(18-12-8-9-15(3)16(18)4)25(23,24)17-10-6-5-7-11-17/h5-12,14H,13H2,1-4H3,(H,20,22). The molecule has 0 unspecified atom stereocenters. The van der Waals surface area contributed by atoms with Crippen molar-refractivity contribution in [1.82, 2.24) is 5.32 Å². The number of benzene rings is 2. The Hall–Kier alpha value is -2.34. The van der Waals surface area contributed by atoms with Gasteiger partial charge in [-0.25, -0.2) is 8.42 Å². The predicted molar refractivity (Wildman–Crippen MR) is 100 cm³/mol. The van der Waals surface area contributed by atoms with Gasteiger partial charge in [0.15, 0.2) is 0 Å². The number of rotatable bonds is 6. The fourth-order valence-corrected chi connectivity index (χ4v) is 4.02. The van der Waals surface area contributed by atoms with E-state index >= 15 is 0 Å². The highest BCUT2D eigenvalue weighted by Gasteiger charge is 2.28. The molecule has 1 N–H and O–H groups in total. The second-order valence-corrected chi connectivity index (χ2v) is 8.13. The maximum Gasteiger partial charge on any atom is 0.264 e. The summed E-state index contributed by atoms with van der Waals surface area (Å²) in [4.78, 5) is 12.5. The fourth-order valence-electron chi connectivity index (χ4n) is 2.52. The van der Waals surface area contributed by atoms with Crippen molar-refractivity contribution in [2.75, 3.05) is 10.8 Å². The van der Waals surface area contributed by atoms with Crippen LogP contribution in [0.5, 0.6) is 0 Å². The van der Waals surface area contributed by atoms with Gasteiger partial charge >= 0.3 is 0 Å². The second-order valence-electron chi connectivity index (χ2n) is 6.27. The molecule has 2 aromatic rings. The van der Waals surface area contributed by atoms with Gasteiger partial charge in [-0.2, -0.15) is 0 Å². The molecule has 0 aliphatic rings. The van der Waals surface area contributed by atoms with Crippen molar-refractivity contribution in [3.8, 4) is 0 Å². The summed E-state index contributed by atoms with van der Waals surface area (Å²) in [6.07, 6.45) is 0. The van der Waals surface area contributed by atoms with Gasteiger partial charge in [-0.15, -0.1) is 0 Å². The van der Waals surface area contributed by atoms with Crippen LogP contribution in [0.15, 0.2) is 53.4 Å². The third-order valence-corrected chi connectivity index (χ3v) is 5.69. The van der Waals surface area contributed by atoms with Crippen LogP contribution in [-0.2, 0) is 14.8 Å². The van der Waals surface area contributed by atoms with E-state index in [0.29, 0.717) is 5.69 Å². The number of hydrogen-bond donors (Lipinski definition) is 1. The average Bonchev–Trinajstić information content (AvgIpc) is 2.55. The summed E-state index contributed by atoms with van der Waals surface area (Å²) in [5.41, 5.74) is 2.32. The molecule has 0 saturated heterocycles. The van der Waals surface area contributed by atoms with Gasteiger partial charge < -0.3 is 5.32 Å². The maximum atomic E-state index is 13.2. The zero-order valence-electron chi connectivity index (χ0n) is 15.0. The molecular formula is C19H24N2O3S. The second kappa shape index (κ2) is 7.70. The summed E-state index contributed by atoms with van der Waals surface area (Å²) in [5.74, 6) is -0.338. The van der Waals surface area contributed by atoms with Crippen molar-refractivity contribution in [1.29, 1.82) is 0 Å². The van der Waals surface area contributed by atoms with Gasteiger partial charge in [0.05, 0.1) is 10.6 Å². The molecule has 0 saturated carbocycles. The van der Waals surface area contributed by atoms with Crippen LogP contribution < -0.4 is 9.62 Å². The van der Waals surface area contributed by atoms with Crippen LogP contribution in [0.1, 0.15) is 25.0 Å². The van der Waals surface area contributed by atoms with E-state index in [4.69, 9.17) is 0 Å². The Morgan fingerprint density at radius 2 is 1.68 bits per heavy atom. The molecule has 0 radical (unpaired) electrons. The zero-order chi connectivity index (χ0) is 18.6. The molecular weight excluding hydrogens is 336 g/mol. The Morgan fingerprint density at radius 3 is 2.28 bits per heavy atom. The minimum atomic E-state index is -3.85. The smallest absolute Gasteiger partial charge is 0.264 e. The van der Waals surface area contributed by atoms with Gasteiger partial charge in [-0.1, -0.05) is 30.3 Å². The summed E-state index contributed by atoms with van der Waals surface area (Å²) in [6.45, 7) is 7.19. The van der Waals surface area contributed by atoms with Gasteiger partial charge in [0, 0.05) is 6.04 Å². The Kier molecular flexibility index (Phi) is 5.85. The summed E-state index contributed by atoms with van der Waals surface area (Å²) >= 11 is 0. The Bertz CT molecular complexity index is 846. The Labute approximate surface area is 149 Å². The number of nitrogens with one attached hydrogen (secondary N) is 1. The molecule has 6 heteroatoms. The molecule has 5 nitrogen and oxygen atoms in total. The minimum Gasteiger partial charge on any atom is -0.352 e. The van der Waals surface area contributed by atoms with Crippen LogP contribution in [0.2, 0.25) is 0 Å². The third-order valence-electron chi connectivity index (χ3n) is 3.91. The van der Waals surface area contributed by atoms with E-state index in [0.717, 1.165) is 11.1 Å². The molecule has 25 heavy (non-hydrogen) atoms. The van der Waals surface area contributed by atoms with E-state index in [-0.39, 0.29) is 23.4 Å². The summed E-state index contributed by atoms with van der Waals surface area (Å²) in [7, 11) is -3.85. The highest BCUT2D eigenvalue weighted by molar-refractivity contribution is 7.92. The first-order valence-corrected chi connectivity index (χ1v) is 9.61. The molecule has 0 spiro atoms. The first kappa shape index (κ1) is 19.0. The highest BCUT2D eigenvalue weighted by atomic mass is 32.2. The van der Waals surface area contributed by atoms with Crippen molar-refractivity contribution in [3.05, 3.63) is 59.7 Å². The van der Waals surface area contributed by atoms with Crippen LogP contribution in [0.3, 0.4) is 0 Å². The number of aryl methyl sites for hydroxylation is 1. The van der Waals surface area contributed by atoms with Crippen LogP contribution in [-0.4, -0.2) is 26.9 Å². The highest BCUT2D eigenvalue weighted by Crippen LogP contribution is 2.28. The topological polar surface area (TPSA) is 66.5 Å². The number of anilines is 1. The number of nitrogens with zero attached hydrogens (tertiary/aromatic N) is 1. The zero-order valence-corrected chi connectivity index (χ0v) is 15.8. The quantitative estimate of drug-likeness (QED) is 0.861. The van der Waals surface area contributed by atoms with Crippen LogP contribution >= 0.6 is 0 Å². The van der Waals surface area contributed by atoms with Crippen molar-refractivity contribution >= 4 is 21.6 Å². The SMILES string of the molecule is Cc1cccc(N(CC(=O)NC(C)C)S(=O)(=O)c2ccccc2)c1C. The minimum absolute atomic E-state index is 0.0626. The lowest BCUT2D eigenvalue weighted by molar-refractivity contribution is -0.120. The van der Waals surface area contributed by atoms with E-state index in [1.807, 2.05) is 33.8 Å². The molecule has 0 bridgehead atoms. The number of amides is 1. The van der Waals surface area contributed by atoms with Crippen molar-refractivity contribution < 1.29 is 13.2 Å². The molecule has 0 aliphatic heterocycles. The Morgan fingerprint density at radius 1 is 1.04 bits per heavy atom. The largest absolute Gasteiger partial charge is 0.352 e. The van der Waals surface area contributed by atoms with E-state index in [1.54, 1.807) is 30.3 Å². The molecule has 2 rings (SSSR count). The molecule has 0 fully saturated rings. The molecule has 1 amide bonds. The van der Waals surface area contributed by atoms with Crippen LogP contribution in [0, 0.1) is 13.8 Å². The maximum absolute atomic E-state index is 13.2. The van der Waals surface area contributed by atoms with Gasteiger partial charge in [-0.3, -0.25) is 9.10 Å². The fraction of sp³-hybridized carbons (Fsp3) is 0.316. The molecule has 0 atom stereocenters. The van der Waals surface area contributed by atoms with Crippen molar-refractivity contribution in [2.24, 2.45) is 0 Å². The lowest BCUT2D eigenvalue weighted by atomic mass is 10.1. The van der Waals surface area contributed by atoms with E-state index < -0.39 is 10.0 Å². The molecule has 0 aromatic heterocycles. The predicted octanol–water partition coefficient (Wildman–Crippen LogP) is 3.02. The van der Waals surface area contributed by atoms with E-state index in [1.165, 1.54) is 16.4 Å². The van der Waals surface area contributed by atoms with Crippen LogP contribution in [0.25, 0.3) is 0 Å². The lowest BCUT2D eigenvalue weighted by Crippen LogP contribution is -2.43. The number of hydrogen-bond acceptors (Lipinski definition) is 3. The molecule has 134 valence electrons. The average molecular weight is 360 g/mol. The first-order valence-electron chi connectivity index (χ1n) is 8.17. The Balaban J connectivity index is 2.53. The third kappa shape index (κ3) is 4.39. The summed E-state index contributed by atoms with van der Waals surface area (Å²) in [5, 5.41) is 2.76. The van der Waals surface area contributed by atoms with Crippen molar-refractivity contribution in [3.63, 3.8) is 0 Å².